The average Bonchev–Trinajstić information content (AvgIpc) is 3.47. The molecular formula is C47H38N4O. The molecule has 7 aromatic carbocycles. The van der Waals surface area contributed by atoms with Gasteiger partial charge in [0.25, 0.3) is 0 Å². The molecule has 0 saturated heterocycles. The van der Waals surface area contributed by atoms with Crippen LogP contribution in [-0.2, 0) is 0 Å². The second-order valence-electron chi connectivity index (χ2n) is 13.5. The molecule has 2 heterocycles. The molecule has 0 amide bonds. The summed E-state index contributed by atoms with van der Waals surface area (Å²) >= 11 is 0. The minimum atomic E-state index is -0.626. The maximum absolute atomic E-state index is 15.3. The molecule has 1 atom stereocenters. The molecule has 1 unspecified atom stereocenters. The van der Waals surface area contributed by atoms with Crippen molar-refractivity contribution in [1.29, 1.82) is 0 Å². The molecule has 0 saturated carbocycles. The molecule has 0 bridgehead atoms. The van der Waals surface area contributed by atoms with Crippen LogP contribution in [0.15, 0.2) is 175 Å². The van der Waals surface area contributed by atoms with Gasteiger partial charge in [0, 0.05) is 65.5 Å². The number of nitrogens with zero attached hydrogens (tertiary/aromatic N) is 3. The largest absolute Gasteiger partial charge is 0.616 e. The van der Waals surface area contributed by atoms with Gasteiger partial charge in [-0.1, -0.05) is 84.9 Å². The summed E-state index contributed by atoms with van der Waals surface area (Å²) in [6, 6.07) is 58.6. The summed E-state index contributed by atoms with van der Waals surface area (Å²) in [7, 11) is 0. The summed E-state index contributed by atoms with van der Waals surface area (Å²) in [6.07, 6.45) is 1.07. The first-order chi connectivity index (χ1) is 25.6. The number of aliphatic imine (C=N–C) groups is 1. The smallest absolute Gasteiger partial charge is 0.151 e. The predicted molar refractivity (Wildman–Crippen MR) is 217 cm³/mol. The van der Waals surface area contributed by atoms with E-state index in [1.54, 1.807) is 0 Å². The van der Waals surface area contributed by atoms with Gasteiger partial charge >= 0.3 is 0 Å². The first kappa shape index (κ1) is 31.7. The normalized spacial score (nSPS) is 16.0. The maximum Gasteiger partial charge on any atom is 0.151 e. The third-order valence-corrected chi connectivity index (χ3v) is 10.3. The van der Waals surface area contributed by atoms with E-state index in [4.69, 9.17) is 0 Å². The van der Waals surface area contributed by atoms with Crippen LogP contribution in [0.1, 0.15) is 17.5 Å². The van der Waals surface area contributed by atoms with Crippen LogP contribution >= 0.6 is 0 Å². The van der Waals surface area contributed by atoms with E-state index in [-0.39, 0.29) is 0 Å². The van der Waals surface area contributed by atoms with Gasteiger partial charge in [-0.05, 0) is 102 Å². The van der Waals surface area contributed by atoms with Crippen LogP contribution in [0, 0.1) is 12.1 Å². The lowest BCUT2D eigenvalue weighted by molar-refractivity contribution is 0.710. The van der Waals surface area contributed by atoms with Crippen molar-refractivity contribution in [3.05, 3.63) is 186 Å². The van der Waals surface area contributed by atoms with Crippen molar-refractivity contribution in [2.45, 2.75) is 13.3 Å². The molecule has 0 fully saturated rings. The van der Waals surface area contributed by atoms with Gasteiger partial charge in [0.15, 0.2) is 11.4 Å². The highest BCUT2D eigenvalue weighted by atomic mass is 16.5. The number of rotatable bonds is 7. The Labute approximate surface area is 305 Å². The number of fused-ring (bicyclic) bond motifs is 3. The number of amidine groups is 1. The van der Waals surface area contributed by atoms with Crippen LogP contribution in [0.25, 0.3) is 33.4 Å². The van der Waals surface area contributed by atoms with E-state index in [1.807, 2.05) is 42.5 Å². The molecule has 5 heteroatoms. The molecule has 5 nitrogen and oxygen atoms in total. The zero-order valence-electron chi connectivity index (χ0n) is 29.0. The van der Waals surface area contributed by atoms with Crippen molar-refractivity contribution in [2.24, 2.45) is 4.99 Å². The van der Waals surface area contributed by atoms with Crippen molar-refractivity contribution in [3.8, 4) is 33.4 Å². The van der Waals surface area contributed by atoms with Crippen LogP contribution in [0.3, 0.4) is 0 Å². The summed E-state index contributed by atoms with van der Waals surface area (Å²) in [4.78, 5) is 6.90. The molecule has 252 valence electrons. The number of benzene rings is 7. The number of hydrogen-bond donors (Lipinski definition) is 1. The fourth-order valence-electron chi connectivity index (χ4n) is 7.70. The van der Waals surface area contributed by atoms with E-state index in [1.165, 1.54) is 0 Å². The van der Waals surface area contributed by atoms with E-state index in [2.05, 4.69) is 150 Å². The molecule has 52 heavy (non-hydrogen) atoms. The van der Waals surface area contributed by atoms with Gasteiger partial charge in [0.05, 0.1) is 5.56 Å². The van der Waals surface area contributed by atoms with Gasteiger partial charge < -0.3 is 15.4 Å². The Morgan fingerprint density at radius 1 is 0.538 bits per heavy atom. The highest BCUT2D eigenvalue weighted by Gasteiger charge is 2.39. The number of quaternary nitrogens is 1. The molecule has 0 aliphatic carbocycles. The second kappa shape index (κ2) is 13.1. The molecule has 0 aromatic heterocycles. The van der Waals surface area contributed by atoms with Gasteiger partial charge in [-0.25, -0.2) is 0 Å². The summed E-state index contributed by atoms with van der Waals surface area (Å²) in [5, 5.41) is 18.7. The SMILES string of the molecule is Cc1cc([N+]2([O-])c3ccccc3-c3cc(-c4ccc(N(c5ccccc5)c5ccccc5)cc4)ccc32)ccc1-c1ccc(C2=NCCCN2)cc1. The van der Waals surface area contributed by atoms with Crippen molar-refractivity contribution >= 4 is 40.0 Å². The zero-order chi connectivity index (χ0) is 35.1. The number of nitrogens with one attached hydrogen (secondary N) is 1. The second-order valence-corrected chi connectivity index (χ2v) is 13.5. The third-order valence-electron chi connectivity index (χ3n) is 10.3. The van der Waals surface area contributed by atoms with E-state index >= 15 is 5.21 Å². The van der Waals surface area contributed by atoms with Crippen molar-refractivity contribution in [3.63, 3.8) is 0 Å². The van der Waals surface area contributed by atoms with Crippen molar-refractivity contribution in [1.82, 2.24) is 9.96 Å². The average molecular weight is 675 g/mol. The van der Waals surface area contributed by atoms with Crippen molar-refractivity contribution in [2.75, 3.05) is 18.0 Å². The Morgan fingerprint density at radius 2 is 1.13 bits per heavy atom. The fourth-order valence-corrected chi connectivity index (χ4v) is 7.70. The first-order valence-electron chi connectivity index (χ1n) is 17.9. The Bertz CT molecular complexity index is 2380. The van der Waals surface area contributed by atoms with Crippen LogP contribution in [0.4, 0.5) is 34.1 Å². The standard InChI is InChI=1S/C47H38N4O/c1-33-31-41(26-27-42(33)35-17-19-36(20-18-35)47-48-29-10-30-49-47)51(52)45-16-9-8-15-43(45)44-32-37(23-28-46(44)51)34-21-24-40(25-22-34)50(38-11-4-2-5-12-38)39-13-6-3-7-14-39/h2-9,11-28,31-32H,10,29-30H2,1H3,(H,48,49). The van der Waals surface area contributed by atoms with Crippen LogP contribution in [-0.4, -0.2) is 18.9 Å². The Balaban J connectivity index is 1.05. The molecule has 0 radical (unpaired) electrons. The van der Waals surface area contributed by atoms with E-state index in [0.717, 1.165) is 98.3 Å². The lowest BCUT2D eigenvalue weighted by Crippen LogP contribution is -2.30. The molecule has 2 aliphatic rings. The molecule has 7 aromatic rings. The molecule has 1 N–H and O–H groups in total. The van der Waals surface area contributed by atoms with E-state index < -0.39 is 4.65 Å². The molecule has 0 spiro atoms. The number of para-hydroxylation sites is 3. The summed E-state index contributed by atoms with van der Waals surface area (Å²) in [5.74, 6) is 0.965. The van der Waals surface area contributed by atoms with Gasteiger partial charge in [0.1, 0.15) is 11.5 Å². The summed E-state index contributed by atoms with van der Waals surface area (Å²) in [6.45, 7) is 3.92. The van der Waals surface area contributed by atoms with Crippen LogP contribution < -0.4 is 14.9 Å². The van der Waals surface area contributed by atoms with Gasteiger partial charge in [-0.2, -0.15) is 0 Å². The first-order valence-corrected chi connectivity index (χ1v) is 17.9. The maximum atomic E-state index is 15.3. The Morgan fingerprint density at radius 3 is 1.81 bits per heavy atom. The molecule has 9 rings (SSSR count). The van der Waals surface area contributed by atoms with Crippen molar-refractivity contribution < 1.29 is 0 Å². The van der Waals surface area contributed by atoms with Gasteiger partial charge in [-0.3, -0.25) is 9.64 Å². The number of anilines is 3. The lowest BCUT2D eigenvalue weighted by atomic mass is 9.98. The molecular weight excluding hydrogens is 637 g/mol. The highest BCUT2D eigenvalue weighted by molar-refractivity contribution is 6.01. The number of hydrogen-bond acceptors (Lipinski definition) is 4. The minimum Gasteiger partial charge on any atom is -0.616 e. The van der Waals surface area contributed by atoms with Crippen LogP contribution in [0.2, 0.25) is 0 Å². The van der Waals surface area contributed by atoms with E-state index in [9.17, 15) is 0 Å². The fraction of sp³-hybridized carbons (Fsp3) is 0.0851. The van der Waals surface area contributed by atoms with Gasteiger partial charge in [0.2, 0.25) is 0 Å². The molecule has 2 aliphatic heterocycles. The Hall–Kier alpha value is -6.27. The topological polar surface area (TPSA) is 50.7 Å². The highest BCUT2D eigenvalue weighted by Crippen LogP contribution is 2.57. The minimum absolute atomic E-state index is 0.626. The Kier molecular flexibility index (Phi) is 8.00. The quantitative estimate of drug-likeness (QED) is 0.135. The lowest BCUT2D eigenvalue weighted by Gasteiger charge is -2.38. The third kappa shape index (κ3) is 5.48. The summed E-state index contributed by atoms with van der Waals surface area (Å²) < 4.78 is -0.626. The monoisotopic (exact) mass is 674 g/mol. The van der Waals surface area contributed by atoms with E-state index in [0.29, 0.717) is 5.69 Å². The summed E-state index contributed by atoms with van der Waals surface area (Å²) in [5.41, 5.74) is 14.0. The van der Waals surface area contributed by atoms with Gasteiger partial charge in [-0.15, -0.1) is 0 Å². The zero-order valence-corrected chi connectivity index (χ0v) is 29.0. The number of aryl methyl sites for hydroxylation is 1. The van der Waals surface area contributed by atoms with Crippen LogP contribution in [0.5, 0.6) is 0 Å². The predicted octanol–water partition coefficient (Wildman–Crippen LogP) is 12.0.